The SMILES string of the molecule is CCSc1ccc(C(=O)Nc2nnc(-c3ccnn3C(C)C)o2)cc1. The normalized spacial score (nSPS) is 11.0. The molecule has 2 aromatic heterocycles. The zero-order valence-corrected chi connectivity index (χ0v) is 15.1. The molecule has 0 saturated heterocycles. The van der Waals surface area contributed by atoms with Gasteiger partial charge in [-0.1, -0.05) is 12.0 Å². The molecule has 0 saturated carbocycles. The number of hydrogen-bond donors (Lipinski definition) is 1. The number of thioether (sulfide) groups is 1. The van der Waals surface area contributed by atoms with E-state index in [1.54, 1.807) is 40.8 Å². The van der Waals surface area contributed by atoms with E-state index < -0.39 is 0 Å². The van der Waals surface area contributed by atoms with Gasteiger partial charge in [-0.05, 0) is 49.9 Å². The molecule has 0 bridgehead atoms. The average molecular weight is 357 g/mol. The minimum absolute atomic E-state index is 0.0588. The molecule has 0 aliphatic rings. The van der Waals surface area contributed by atoms with Crippen LogP contribution in [0.15, 0.2) is 45.8 Å². The smallest absolute Gasteiger partial charge is 0.322 e. The first-order valence-corrected chi connectivity index (χ1v) is 8.98. The van der Waals surface area contributed by atoms with Crippen molar-refractivity contribution in [3.63, 3.8) is 0 Å². The molecular weight excluding hydrogens is 338 g/mol. The first-order valence-electron chi connectivity index (χ1n) is 8.00. The molecule has 0 unspecified atom stereocenters. The number of benzene rings is 1. The van der Waals surface area contributed by atoms with E-state index in [9.17, 15) is 4.79 Å². The van der Waals surface area contributed by atoms with Crippen molar-refractivity contribution in [2.75, 3.05) is 11.1 Å². The molecule has 1 aromatic carbocycles. The molecule has 3 rings (SSSR count). The van der Waals surface area contributed by atoms with Gasteiger partial charge in [0.05, 0.1) is 0 Å². The molecule has 0 fully saturated rings. The van der Waals surface area contributed by atoms with E-state index in [1.165, 1.54) is 0 Å². The highest BCUT2D eigenvalue weighted by Crippen LogP contribution is 2.23. The van der Waals surface area contributed by atoms with E-state index in [-0.39, 0.29) is 18.0 Å². The third kappa shape index (κ3) is 3.90. The summed E-state index contributed by atoms with van der Waals surface area (Å²) in [5.41, 5.74) is 1.25. The zero-order chi connectivity index (χ0) is 17.8. The van der Waals surface area contributed by atoms with Crippen molar-refractivity contribution in [3.05, 3.63) is 42.1 Å². The largest absolute Gasteiger partial charge is 0.401 e. The molecule has 3 aromatic rings. The van der Waals surface area contributed by atoms with Crippen molar-refractivity contribution in [1.29, 1.82) is 0 Å². The number of carbonyl (C=O) groups excluding carboxylic acids is 1. The van der Waals surface area contributed by atoms with Gasteiger partial charge in [-0.2, -0.15) is 5.10 Å². The number of carbonyl (C=O) groups is 1. The second-order valence-electron chi connectivity index (χ2n) is 5.58. The van der Waals surface area contributed by atoms with Crippen LogP contribution in [0.1, 0.15) is 37.2 Å². The van der Waals surface area contributed by atoms with Crippen LogP contribution in [0, 0.1) is 0 Å². The van der Waals surface area contributed by atoms with Crippen molar-refractivity contribution in [3.8, 4) is 11.6 Å². The number of amides is 1. The highest BCUT2D eigenvalue weighted by atomic mass is 32.2. The van der Waals surface area contributed by atoms with Gasteiger partial charge in [-0.15, -0.1) is 16.9 Å². The molecule has 7 nitrogen and oxygen atoms in total. The van der Waals surface area contributed by atoms with Crippen LogP contribution in [-0.4, -0.2) is 31.6 Å². The van der Waals surface area contributed by atoms with Crippen LogP contribution in [-0.2, 0) is 0 Å². The minimum atomic E-state index is -0.291. The van der Waals surface area contributed by atoms with Gasteiger partial charge < -0.3 is 4.42 Å². The van der Waals surface area contributed by atoms with E-state index in [0.717, 1.165) is 10.6 Å². The molecule has 1 N–H and O–H groups in total. The fourth-order valence-electron chi connectivity index (χ4n) is 2.31. The van der Waals surface area contributed by atoms with Gasteiger partial charge in [0, 0.05) is 22.7 Å². The van der Waals surface area contributed by atoms with E-state index in [2.05, 4.69) is 27.5 Å². The average Bonchev–Trinajstić information content (AvgIpc) is 3.24. The number of nitrogens with one attached hydrogen (secondary N) is 1. The van der Waals surface area contributed by atoms with E-state index in [4.69, 9.17) is 4.42 Å². The Morgan fingerprint density at radius 2 is 2.00 bits per heavy atom. The van der Waals surface area contributed by atoms with Crippen LogP contribution in [0.5, 0.6) is 0 Å². The highest BCUT2D eigenvalue weighted by Gasteiger charge is 2.16. The third-order valence-electron chi connectivity index (χ3n) is 3.45. The lowest BCUT2D eigenvalue weighted by Crippen LogP contribution is -2.11. The van der Waals surface area contributed by atoms with Crippen molar-refractivity contribution in [1.82, 2.24) is 20.0 Å². The van der Waals surface area contributed by atoms with Gasteiger partial charge in [0.15, 0.2) is 0 Å². The molecular formula is C17H19N5O2S. The van der Waals surface area contributed by atoms with Gasteiger partial charge in [0.25, 0.3) is 11.8 Å². The summed E-state index contributed by atoms with van der Waals surface area (Å²) in [7, 11) is 0. The quantitative estimate of drug-likeness (QED) is 0.674. The van der Waals surface area contributed by atoms with Crippen LogP contribution in [0.25, 0.3) is 11.6 Å². The van der Waals surface area contributed by atoms with Crippen molar-refractivity contribution >= 4 is 23.7 Å². The first-order chi connectivity index (χ1) is 12.1. The van der Waals surface area contributed by atoms with Crippen LogP contribution in [0.3, 0.4) is 0 Å². The van der Waals surface area contributed by atoms with Gasteiger partial charge in [0.2, 0.25) is 0 Å². The lowest BCUT2D eigenvalue weighted by atomic mass is 10.2. The minimum Gasteiger partial charge on any atom is -0.401 e. The Bertz CT molecular complexity index is 854. The Morgan fingerprint density at radius 3 is 2.68 bits per heavy atom. The molecule has 0 spiro atoms. The maximum atomic E-state index is 12.3. The number of rotatable bonds is 6. The van der Waals surface area contributed by atoms with Crippen LogP contribution < -0.4 is 5.32 Å². The Morgan fingerprint density at radius 1 is 1.24 bits per heavy atom. The summed E-state index contributed by atoms with van der Waals surface area (Å²) in [5.74, 6) is 1.01. The molecule has 0 aliphatic carbocycles. The Kier molecular flexibility index (Phi) is 5.18. The summed E-state index contributed by atoms with van der Waals surface area (Å²) in [4.78, 5) is 13.4. The fraction of sp³-hybridized carbons (Fsp3) is 0.294. The second kappa shape index (κ2) is 7.52. The molecule has 2 heterocycles. The van der Waals surface area contributed by atoms with Crippen molar-refractivity contribution in [2.45, 2.75) is 31.7 Å². The molecule has 0 radical (unpaired) electrons. The molecule has 0 aliphatic heterocycles. The van der Waals surface area contributed by atoms with Gasteiger partial charge in [-0.3, -0.25) is 14.8 Å². The summed E-state index contributed by atoms with van der Waals surface area (Å²) < 4.78 is 7.34. The molecule has 1 amide bonds. The Hall–Kier alpha value is -2.61. The van der Waals surface area contributed by atoms with Crippen LogP contribution >= 0.6 is 11.8 Å². The summed E-state index contributed by atoms with van der Waals surface area (Å²) in [6, 6.07) is 9.41. The summed E-state index contributed by atoms with van der Waals surface area (Å²) in [5, 5.41) is 14.7. The maximum absolute atomic E-state index is 12.3. The number of nitrogens with zero attached hydrogens (tertiary/aromatic N) is 4. The summed E-state index contributed by atoms with van der Waals surface area (Å²) in [6.07, 6.45) is 1.67. The van der Waals surface area contributed by atoms with Gasteiger partial charge in [-0.25, -0.2) is 0 Å². The maximum Gasteiger partial charge on any atom is 0.322 e. The highest BCUT2D eigenvalue weighted by molar-refractivity contribution is 7.99. The van der Waals surface area contributed by atoms with Gasteiger partial charge >= 0.3 is 6.01 Å². The van der Waals surface area contributed by atoms with Crippen LogP contribution in [0.4, 0.5) is 6.01 Å². The second-order valence-corrected chi connectivity index (χ2v) is 6.92. The predicted octanol–water partition coefficient (Wildman–Crippen LogP) is 3.88. The fourth-order valence-corrected chi connectivity index (χ4v) is 2.97. The summed E-state index contributed by atoms with van der Waals surface area (Å²) in [6.45, 7) is 6.11. The van der Waals surface area contributed by atoms with Crippen molar-refractivity contribution < 1.29 is 9.21 Å². The Labute approximate surface area is 149 Å². The lowest BCUT2D eigenvalue weighted by molar-refractivity contribution is 0.102. The number of aromatic nitrogens is 4. The van der Waals surface area contributed by atoms with Crippen LogP contribution in [0.2, 0.25) is 0 Å². The number of hydrogen-bond acceptors (Lipinski definition) is 6. The standard InChI is InChI=1S/C17H19N5O2S/c1-4-25-13-7-5-12(6-8-13)15(23)19-17-21-20-16(24-17)14-9-10-18-22(14)11(2)3/h5-11H,4H2,1-3H3,(H,19,21,23). The molecule has 0 atom stereocenters. The van der Waals surface area contributed by atoms with E-state index in [1.807, 2.05) is 26.0 Å². The predicted molar refractivity (Wildman–Crippen MR) is 96.7 cm³/mol. The zero-order valence-electron chi connectivity index (χ0n) is 14.3. The third-order valence-corrected chi connectivity index (χ3v) is 4.35. The number of anilines is 1. The van der Waals surface area contributed by atoms with E-state index in [0.29, 0.717) is 17.1 Å². The summed E-state index contributed by atoms with van der Waals surface area (Å²) >= 11 is 1.72. The van der Waals surface area contributed by atoms with Crippen molar-refractivity contribution in [2.24, 2.45) is 0 Å². The first kappa shape index (κ1) is 17.2. The molecule has 25 heavy (non-hydrogen) atoms. The molecule has 8 heteroatoms. The topological polar surface area (TPSA) is 85.8 Å². The van der Waals surface area contributed by atoms with E-state index >= 15 is 0 Å². The lowest BCUT2D eigenvalue weighted by Gasteiger charge is -2.07. The van der Waals surface area contributed by atoms with Gasteiger partial charge in [0.1, 0.15) is 5.69 Å². The monoisotopic (exact) mass is 357 g/mol. The Balaban J connectivity index is 1.72. The molecule has 130 valence electrons.